The lowest BCUT2D eigenvalue weighted by Gasteiger charge is -2.28. The molecular formula is C30H32N2O3. The van der Waals surface area contributed by atoms with Gasteiger partial charge >= 0.3 is 5.97 Å². The third kappa shape index (κ3) is 6.95. The number of rotatable bonds is 9. The molecule has 1 aliphatic rings. The number of azo groups is 1. The van der Waals surface area contributed by atoms with E-state index in [1.54, 1.807) is 48.5 Å². The zero-order valence-corrected chi connectivity index (χ0v) is 20.2. The van der Waals surface area contributed by atoms with Gasteiger partial charge in [-0.15, -0.1) is 0 Å². The van der Waals surface area contributed by atoms with E-state index in [1.165, 1.54) is 50.5 Å². The van der Waals surface area contributed by atoms with Gasteiger partial charge in [-0.3, -0.25) is 4.79 Å². The second-order valence-electron chi connectivity index (χ2n) is 9.27. The second kappa shape index (κ2) is 12.2. The van der Waals surface area contributed by atoms with Crippen LogP contribution in [0.25, 0.3) is 0 Å². The van der Waals surface area contributed by atoms with Crippen molar-refractivity contribution in [3.63, 3.8) is 0 Å². The molecule has 5 nitrogen and oxygen atoms in total. The Labute approximate surface area is 207 Å². The van der Waals surface area contributed by atoms with Crippen LogP contribution < -0.4 is 4.74 Å². The number of unbranched alkanes of at least 4 members (excludes halogenated alkanes) is 1. The number of hydrogen-bond donors (Lipinski definition) is 0. The number of aldehydes is 1. The maximum atomic E-state index is 12.6. The Morgan fingerprint density at radius 2 is 1.46 bits per heavy atom. The highest BCUT2D eigenvalue weighted by Gasteiger charge is 2.22. The molecule has 0 bridgehead atoms. The standard InChI is InChI=1S/C30H32N2O3/c1-2-3-4-22-5-9-24(10-6-22)25-11-13-26(14-12-25)30(34)35-29-19-17-28(18-20-29)32-31-27-15-7-23(21-33)8-16-27/h7-8,11-22,24H,2-6,9-10H2,1H3. The van der Waals surface area contributed by atoms with Gasteiger partial charge in [-0.1, -0.05) is 38.3 Å². The fourth-order valence-corrected chi connectivity index (χ4v) is 4.65. The molecule has 1 saturated carbocycles. The first-order chi connectivity index (χ1) is 17.1. The predicted molar refractivity (Wildman–Crippen MR) is 138 cm³/mol. The minimum Gasteiger partial charge on any atom is -0.423 e. The predicted octanol–water partition coefficient (Wildman–Crippen LogP) is 8.60. The molecule has 0 saturated heterocycles. The van der Waals surface area contributed by atoms with Crippen molar-refractivity contribution in [3.8, 4) is 5.75 Å². The molecule has 35 heavy (non-hydrogen) atoms. The van der Waals surface area contributed by atoms with Crippen LogP contribution in [0.2, 0.25) is 0 Å². The summed E-state index contributed by atoms with van der Waals surface area (Å²) in [6, 6.07) is 21.6. The number of hydrogen-bond acceptors (Lipinski definition) is 5. The van der Waals surface area contributed by atoms with Crippen molar-refractivity contribution < 1.29 is 14.3 Å². The van der Waals surface area contributed by atoms with Crippen molar-refractivity contribution in [1.29, 1.82) is 0 Å². The summed E-state index contributed by atoms with van der Waals surface area (Å²) in [6.45, 7) is 2.26. The quantitative estimate of drug-likeness (QED) is 0.137. The summed E-state index contributed by atoms with van der Waals surface area (Å²) in [7, 11) is 0. The van der Waals surface area contributed by atoms with E-state index < -0.39 is 0 Å². The summed E-state index contributed by atoms with van der Waals surface area (Å²) >= 11 is 0. The van der Waals surface area contributed by atoms with E-state index in [1.807, 2.05) is 12.1 Å². The smallest absolute Gasteiger partial charge is 0.343 e. The van der Waals surface area contributed by atoms with Crippen LogP contribution in [-0.2, 0) is 0 Å². The van der Waals surface area contributed by atoms with Crippen LogP contribution >= 0.6 is 0 Å². The summed E-state index contributed by atoms with van der Waals surface area (Å²) in [5, 5.41) is 8.34. The van der Waals surface area contributed by atoms with E-state index in [2.05, 4.69) is 29.3 Å². The molecule has 0 aliphatic heterocycles. The van der Waals surface area contributed by atoms with Crippen LogP contribution in [0.15, 0.2) is 83.0 Å². The minimum absolute atomic E-state index is 0.371. The van der Waals surface area contributed by atoms with E-state index in [0.717, 1.165) is 12.2 Å². The molecule has 4 rings (SSSR count). The van der Waals surface area contributed by atoms with Gasteiger partial charge in [0.1, 0.15) is 12.0 Å². The maximum Gasteiger partial charge on any atom is 0.343 e. The Balaban J connectivity index is 1.29. The summed E-state index contributed by atoms with van der Waals surface area (Å²) in [5.41, 5.74) is 3.76. The summed E-state index contributed by atoms with van der Waals surface area (Å²) in [5.74, 6) is 1.58. The van der Waals surface area contributed by atoms with Gasteiger partial charge in [0.15, 0.2) is 0 Å². The monoisotopic (exact) mass is 468 g/mol. The third-order valence-electron chi connectivity index (χ3n) is 6.79. The van der Waals surface area contributed by atoms with Gasteiger partial charge in [0.25, 0.3) is 0 Å². The normalized spacial score (nSPS) is 17.9. The van der Waals surface area contributed by atoms with Crippen LogP contribution in [0.4, 0.5) is 11.4 Å². The van der Waals surface area contributed by atoms with E-state index >= 15 is 0 Å². The first-order valence-electron chi connectivity index (χ1n) is 12.5. The number of ether oxygens (including phenoxy) is 1. The highest BCUT2D eigenvalue weighted by molar-refractivity contribution is 5.91. The van der Waals surface area contributed by atoms with Gasteiger partial charge < -0.3 is 4.74 Å². The van der Waals surface area contributed by atoms with Crippen LogP contribution in [0, 0.1) is 5.92 Å². The number of carbonyl (C=O) groups excluding carboxylic acids is 2. The molecule has 5 heteroatoms. The maximum absolute atomic E-state index is 12.6. The second-order valence-corrected chi connectivity index (χ2v) is 9.27. The Morgan fingerprint density at radius 3 is 2.03 bits per heavy atom. The zero-order chi connectivity index (χ0) is 24.5. The molecule has 0 heterocycles. The van der Waals surface area contributed by atoms with Crippen molar-refractivity contribution in [2.45, 2.75) is 57.8 Å². The van der Waals surface area contributed by atoms with Crippen molar-refractivity contribution in [2.75, 3.05) is 0 Å². The SMILES string of the molecule is CCCCC1CCC(c2ccc(C(=O)Oc3ccc(N=Nc4ccc(C=O)cc4)cc3)cc2)CC1. The zero-order valence-electron chi connectivity index (χ0n) is 20.2. The molecule has 0 atom stereocenters. The number of nitrogens with zero attached hydrogens (tertiary/aromatic N) is 2. The van der Waals surface area contributed by atoms with Gasteiger partial charge in [0.05, 0.1) is 16.9 Å². The first-order valence-corrected chi connectivity index (χ1v) is 12.5. The molecule has 1 fully saturated rings. The molecule has 0 spiro atoms. The lowest BCUT2D eigenvalue weighted by molar-refractivity contribution is 0.0734. The van der Waals surface area contributed by atoms with Crippen molar-refractivity contribution in [1.82, 2.24) is 0 Å². The Morgan fingerprint density at radius 1 is 0.857 bits per heavy atom. The van der Waals surface area contributed by atoms with Gasteiger partial charge in [-0.25, -0.2) is 4.79 Å². The molecule has 0 unspecified atom stereocenters. The number of esters is 1. The van der Waals surface area contributed by atoms with Crippen LogP contribution in [0.5, 0.6) is 5.75 Å². The topological polar surface area (TPSA) is 68.1 Å². The van der Waals surface area contributed by atoms with Gasteiger partial charge in [-0.2, -0.15) is 10.2 Å². The molecule has 1 aliphatic carbocycles. The fourth-order valence-electron chi connectivity index (χ4n) is 4.65. The average Bonchev–Trinajstić information content (AvgIpc) is 2.92. The molecule has 3 aromatic rings. The highest BCUT2D eigenvalue weighted by atomic mass is 16.5. The van der Waals surface area contributed by atoms with Crippen molar-refractivity contribution in [3.05, 3.63) is 89.5 Å². The molecule has 0 N–H and O–H groups in total. The van der Waals surface area contributed by atoms with Gasteiger partial charge in [0, 0.05) is 5.56 Å². The highest BCUT2D eigenvalue weighted by Crippen LogP contribution is 2.37. The molecular weight excluding hydrogens is 436 g/mol. The molecule has 0 amide bonds. The summed E-state index contributed by atoms with van der Waals surface area (Å²) < 4.78 is 5.54. The lowest BCUT2D eigenvalue weighted by atomic mass is 9.77. The van der Waals surface area contributed by atoms with E-state index in [-0.39, 0.29) is 5.97 Å². The Kier molecular flexibility index (Phi) is 8.55. The lowest BCUT2D eigenvalue weighted by Crippen LogP contribution is -2.14. The van der Waals surface area contributed by atoms with Gasteiger partial charge in [0.2, 0.25) is 0 Å². The van der Waals surface area contributed by atoms with Crippen molar-refractivity contribution in [2.24, 2.45) is 16.1 Å². The Hall–Kier alpha value is -3.60. The third-order valence-corrected chi connectivity index (χ3v) is 6.79. The molecule has 3 aromatic carbocycles. The molecule has 0 aromatic heterocycles. The molecule has 0 radical (unpaired) electrons. The number of carbonyl (C=O) groups is 2. The molecule has 180 valence electrons. The first kappa shape index (κ1) is 24.5. The summed E-state index contributed by atoms with van der Waals surface area (Å²) in [4.78, 5) is 23.3. The van der Waals surface area contributed by atoms with E-state index in [0.29, 0.717) is 34.2 Å². The minimum atomic E-state index is -0.371. The van der Waals surface area contributed by atoms with Gasteiger partial charge in [-0.05, 0) is 104 Å². The summed E-state index contributed by atoms with van der Waals surface area (Å²) in [6.07, 6.45) is 9.90. The average molecular weight is 469 g/mol. The fraction of sp³-hybridized carbons (Fsp3) is 0.333. The largest absolute Gasteiger partial charge is 0.423 e. The Bertz CT molecular complexity index is 1130. The van der Waals surface area contributed by atoms with Crippen LogP contribution in [0.3, 0.4) is 0 Å². The van der Waals surface area contributed by atoms with Crippen LogP contribution in [0.1, 0.15) is 84.1 Å². The van der Waals surface area contributed by atoms with Crippen LogP contribution in [-0.4, -0.2) is 12.3 Å². The van der Waals surface area contributed by atoms with Crippen molar-refractivity contribution >= 4 is 23.6 Å². The van der Waals surface area contributed by atoms with E-state index in [4.69, 9.17) is 4.74 Å². The number of benzene rings is 3. The van der Waals surface area contributed by atoms with E-state index in [9.17, 15) is 9.59 Å².